The molecule has 4 rings (SSSR count). The van der Waals surface area contributed by atoms with Crippen LogP contribution >= 0.6 is 0 Å². The SMILES string of the molecule is Cc1ccccc1-c1noc(CNC(C)c2ccc(-n3cncn3)cc2)n1. The number of hydrogen-bond donors (Lipinski definition) is 1. The Labute approximate surface area is 157 Å². The van der Waals surface area contributed by atoms with Crippen molar-refractivity contribution in [1.82, 2.24) is 30.2 Å². The summed E-state index contributed by atoms with van der Waals surface area (Å²) in [7, 11) is 0. The van der Waals surface area contributed by atoms with E-state index in [2.05, 4.69) is 44.6 Å². The molecule has 0 saturated heterocycles. The van der Waals surface area contributed by atoms with Crippen LogP contribution in [0.1, 0.15) is 30.0 Å². The molecule has 0 aliphatic rings. The second kappa shape index (κ2) is 7.51. The lowest BCUT2D eigenvalue weighted by atomic mass is 10.1. The summed E-state index contributed by atoms with van der Waals surface area (Å²) in [6.07, 6.45) is 3.20. The number of aromatic nitrogens is 5. The maximum Gasteiger partial charge on any atom is 0.240 e. The van der Waals surface area contributed by atoms with Gasteiger partial charge >= 0.3 is 0 Å². The van der Waals surface area contributed by atoms with Gasteiger partial charge in [0, 0.05) is 11.6 Å². The summed E-state index contributed by atoms with van der Waals surface area (Å²) in [5.41, 5.74) is 4.25. The number of benzene rings is 2. The van der Waals surface area contributed by atoms with Crippen LogP contribution in [0.25, 0.3) is 17.1 Å². The molecule has 2 heterocycles. The molecule has 4 aromatic rings. The van der Waals surface area contributed by atoms with Crippen LogP contribution < -0.4 is 5.32 Å². The number of nitrogens with zero attached hydrogens (tertiary/aromatic N) is 5. The predicted molar refractivity (Wildman–Crippen MR) is 101 cm³/mol. The van der Waals surface area contributed by atoms with Crippen molar-refractivity contribution in [3.63, 3.8) is 0 Å². The summed E-state index contributed by atoms with van der Waals surface area (Å²) < 4.78 is 7.12. The van der Waals surface area contributed by atoms with Gasteiger partial charge in [-0.15, -0.1) is 0 Å². The normalized spacial score (nSPS) is 12.2. The van der Waals surface area contributed by atoms with Crippen molar-refractivity contribution in [1.29, 1.82) is 0 Å². The van der Waals surface area contributed by atoms with E-state index in [9.17, 15) is 0 Å². The Morgan fingerprint density at radius 2 is 1.93 bits per heavy atom. The van der Waals surface area contributed by atoms with Gasteiger partial charge in [-0.05, 0) is 37.1 Å². The van der Waals surface area contributed by atoms with Gasteiger partial charge in [0.15, 0.2) is 0 Å². The lowest BCUT2D eigenvalue weighted by Gasteiger charge is -2.13. The van der Waals surface area contributed by atoms with E-state index in [1.807, 2.05) is 43.3 Å². The average molecular weight is 360 g/mol. The van der Waals surface area contributed by atoms with E-state index in [0.29, 0.717) is 18.3 Å². The molecule has 2 aromatic heterocycles. The fraction of sp³-hybridized carbons (Fsp3) is 0.200. The van der Waals surface area contributed by atoms with Gasteiger partial charge in [-0.25, -0.2) is 9.67 Å². The van der Waals surface area contributed by atoms with Gasteiger partial charge < -0.3 is 9.84 Å². The molecule has 0 aliphatic carbocycles. The van der Waals surface area contributed by atoms with Crippen LogP contribution in [0, 0.1) is 6.92 Å². The molecule has 7 nitrogen and oxygen atoms in total. The number of nitrogens with one attached hydrogen (secondary N) is 1. The highest BCUT2D eigenvalue weighted by Gasteiger charge is 2.12. The van der Waals surface area contributed by atoms with Crippen LogP contribution in [0.3, 0.4) is 0 Å². The molecule has 0 aliphatic heterocycles. The van der Waals surface area contributed by atoms with Gasteiger partial charge in [0.25, 0.3) is 0 Å². The lowest BCUT2D eigenvalue weighted by Crippen LogP contribution is -2.18. The minimum Gasteiger partial charge on any atom is -0.338 e. The third-order valence-corrected chi connectivity index (χ3v) is 4.49. The van der Waals surface area contributed by atoms with Crippen LogP contribution in [0.4, 0.5) is 0 Å². The topological polar surface area (TPSA) is 81.7 Å². The van der Waals surface area contributed by atoms with Gasteiger partial charge in [-0.3, -0.25) is 0 Å². The van der Waals surface area contributed by atoms with Gasteiger partial charge in [-0.1, -0.05) is 41.6 Å². The number of hydrogen-bond acceptors (Lipinski definition) is 6. The van der Waals surface area contributed by atoms with Gasteiger partial charge in [0.05, 0.1) is 12.2 Å². The molecule has 1 N–H and O–H groups in total. The van der Waals surface area contributed by atoms with Crippen LogP contribution in [0.15, 0.2) is 65.7 Å². The first-order valence-electron chi connectivity index (χ1n) is 8.77. The molecule has 0 radical (unpaired) electrons. The third-order valence-electron chi connectivity index (χ3n) is 4.49. The van der Waals surface area contributed by atoms with Crippen molar-refractivity contribution < 1.29 is 4.52 Å². The molecular formula is C20H20N6O. The molecule has 2 aromatic carbocycles. The fourth-order valence-electron chi connectivity index (χ4n) is 2.88. The quantitative estimate of drug-likeness (QED) is 0.567. The summed E-state index contributed by atoms with van der Waals surface area (Å²) in [4.78, 5) is 8.46. The molecule has 0 bridgehead atoms. The smallest absolute Gasteiger partial charge is 0.240 e. The van der Waals surface area contributed by atoms with Crippen LogP contribution in [-0.2, 0) is 6.54 Å². The molecule has 1 unspecified atom stereocenters. The second-order valence-electron chi connectivity index (χ2n) is 6.36. The standard InChI is InChI=1S/C20H20N6O/c1-14-5-3-4-6-18(14)20-24-19(27-25-20)11-22-15(2)16-7-9-17(10-8-16)26-13-21-12-23-26/h3-10,12-13,15,22H,11H2,1-2H3. The van der Waals surface area contributed by atoms with E-state index in [-0.39, 0.29) is 6.04 Å². The fourth-order valence-corrected chi connectivity index (χ4v) is 2.88. The Kier molecular flexibility index (Phi) is 4.76. The molecule has 27 heavy (non-hydrogen) atoms. The Morgan fingerprint density at radius 1 is 1.11 bits per heavy atom. The Morgan fingerprint density at radius 3 is 2.67 bits per heavy atom. The molecule has 1 atom stereocenters. The zero-order valence-electron chi connectivity index (χ0n) is 15.2. The number of rotatable bonds is 6. The van der Waals surface area contributed by atoms with Crippen molar-refractivity contribution in [3.8, 4) is 17.1 Å². The molecule has 7 heteroatoms. The minimum atomic E-state index is 0.142. The highest BCUT2D eigenvalue weighted by Crippen LogP contribution is 2.20. The van der Waals surface area contributed by atoms with Crippen molar-refractivity contribution in [2.75, 3.05) is 0 Å². The summed E-state index contributed by atoms with van der Waals surface area (Å²) in [6, 6.07) is 16.3. The maximum atomic E-state index is 5.39. The number of aryl methyl sites for hydroxylation is 1. The first kappa shape index (κ1) is 17.1. The lowest BCUT2D eigenvalue weighted by molar-refractivity contribution is 0.360. The molecule has 0 saturated carbocycles. The van der Waals surface area contributed by atoms with E-state index in [0.717, 1.165) is 22.4 Å². The average Bonchev–Trinajstić information content (AvgIpc) is 3.39. The van der Waals surface area contributed by atoms with Crippen LogP contribution in [0.5, 0.6) is 0 Å². The van der Waals surface area contributed by atoms with Crippen LogP contribution in [-0.4, -0.2) is 24.9 Å². The van der Waals surface area contributed by atoms with Gasteiger partial charge in [-0.2, -0.15) is 10.1 Å². The van der Waals surface area contributed by atoms with Crippen molar-refractivity contribution in [3.05, 3.63) is 78.2 Å². The summed E-state index contributed by atoms with van der Waals surface area (Å²) in [6.45, 7) is 4.64. The predicted octanol–water partition coefficient (Wildman–Crippen LogP) is 3.48. The highest BCUT2D eigenvalue weighted by atomic mass is 16.5. The largest absolute Gasteiger partial charge is 0.338 e. The van der Waals surface area contributed by atoms with E-state index >= 15 is 0 Å². The first-order chi connectivity index (χ1) is 13.2. The minimum absolute atomic E-state index is 0.142. The first-order valence-corrected chi connectivity index (χ1v) is 8.77. The van der Waals surface area contributed by atoms with Crippen molar-refractivity contribution in [2.24, 2.45) is 0 Å². The molecule has 136 valence electrons. The Hall–Kier alpha value is -3.32. The van der Waals surface area contributed by atoms with Gasteiger partial charge in [0.1, 0.15) is 12.7 Å². The van der Waals surface area contributed by atoms with Crippen molar-refractivity contribution in [2.45, 2.75) is 26.4 Å². The van der Waals surface area contributed by atoms with E-state index in [4.69, 9.17) is 4.52 Å². The van der Waals surface area contributed by atoms with E-state index < -0.39 is 0 Å². The summed E-state index contributed by atoms with van der Waals surface area (Å²) in [5.74, 6) is 1.19. The van der Waals surface area contributed by atoms with E-state index in [1.165, 1.54) is 6.33 Å². The maximum absolute atomic E-state index is 5.39. The zero-order chi connectivity index (χ0) is 18.6. The van der Waals surface area contributed by atoms with E-state index in [1.54, 1.807) is 11.0 Å². The third kappa shape index (κ3) is 3.78. The van der Waals surface area contributed by atoms with Crippen LogP contribution in [0.2, 0.25) is 0 Å². The molecule has 0 spiro atoms. The zero-order valence-corrected chi connectivity index (χ0v) is 15.2. The Balaban J connectivity index is 1.39. The summed E-state index contributed by atoms with van der Waals surface area (Å²) >= 11 is 0. The second-order valence-corrected chi connectivity index (χ2v) is 6.36. The monoisotopic (exact) mass is 360 g/mol. The van der Waals surface area contributed by atoms with Crippen molar-refractivity contribution >= 4 is 0 Å². The Bertz CT molecular complexity index is 1010. The highest BCUT2D eigenvalue weighted by molar-refractivity contribution is 5.58. The molecule has 0 amide bonds. The molecule has 0 fully saturated rings. The summed E-state index contributed by atoms with van der Waals surface area (Å²) in [5, 5.41) is 11.6. The van der Waals surface area contributed by atoms with Gasteiger partial charge in [0.2, 0.25) is 11.7 Å². The molecular weight excluding hydrogens is 340 g/mol.